The van der Waals surface area contributed by atoms with Crippen molar-refractivity contribution < 1.29 is 9.90 Å². The average molecular weight is 253 g/mol. The van der Waals surface area contributed by atoms with Gasteiger partial charge in [0.25, 0.3) is 0 Å². The molecule has 0 amide bonds. The molecule has 0 unspecified atom stereocenters. The van der Waals surface area contributed by atoms with Crippen molar-refractivity contribution in [3.8, 4) is 16.9 Å². The molecule has 0 aromatic heterocycles. The molecule has 3 heteroatoms. The zero-order chi connectivity index (χ0) is 13.7. The second-order valence-electron chi connectivity index (χ2n) is 5.18. The maximum absolute atomic E-state index is 12.4. The van der Waals surface area contributed by atoms with Gasteiger partial charge in [-0.05, 0) is 23.1 Å². The molecule has 19 heavy (non-hydrogen) atoms. The highest BCUT2D eigenvalue weighted by Crippen LogP contribution is 2.46. The SMILES string of the molecule is CC(C)c1cc2c(c(N)c1O)-c1ccccc1C2=O. The summed E-state index contributed by atoms with van der Waals surface area (Å²) in [6.45, 7) is 3.93. The number of nitrogen functional groups attached to an aromatic ring is 1. The molecule has 0 radical (unpaired) electrons. The first kappa shape index (κ1) is 11.8. The molecule has 3 N–H and O–H groups in total. The lowest BCUT2D eigenvalue weighted by atomic mass is 9.94. The fourth-order valence-corrected chi connectivity index (χ4v) is 2.67. The summed E-state index contributed by atoms with van der Waals surface area (Å²) in [5.74, 6) is 0.196. The molecule has 0 saturated heterocycles. The van der Waals surface area contributed by atoms with Crippen molar-refractivity contribution >= 4 is 11.5 Å². The van der Waals surface area contributed by atoms with Crippen LogP contribution in [0.1, 0.15) is 41.3 Å². The van der Waals surface area contributed by atoms with Gasteiger partial charge in [0.05, 0.1) is 5.69 Å². The van der Waals surface area contributed by atoms with Gasteiger partial charge in [0.1, 0.15) is 5.75 Å². The highest BCUT2D eigenvalue weighted by molar-refractivity contribution is 6.24. The normalized spacial score (nSPS) is 12.7. The molecule has 0 heterocycles. The molecule has 1 aliphatic rings. The topological polar surface area (TPSA) is 63.3 Å². The number of anilines is 1. The quantitative estimate of drug-likeness (QED) is 0.516. The number of carbonyl (C=O) groups is 1. The summed E-state index contributed by atoms with van der Waals surface area (Å²) >= 11 is 0. The number of benzene rings is 2. The van der Waals surface area contributed by atoms with E-state index in [4.69, 9.17) is 5.73 Å². The summed E-state index contributed by atoms with van der Waals surface area (Å²) in [5.41, 5.74) is 9.81. The van der Waals surface area contributed by atoms with Crippen molar-refractivity contribution in [2.45, 2.75) is 19.8 Å². The molecule has 0 aliphatic heterocycles. The van der Waals surface area contributed by atoms with E-state index in [0.717, 1.165) is 11.1 Å². The van der Waals surface area contributed by atoms with Crippen LogP contribution in [0.2, 0.25) is 0 Å². The molecule has 3 nitrogen and oxygen atoms in total. The smallest absolute Gasteiger partial charge is 0.194 e. The van der Waals surface area contributed by atoms with Crippen molar-refractivity contribution in [3.05, 3.63) is 47.0 Å². The second-order valence-corrected chi connectivity index (χ2v) is 5.18. The first-order chi connectivity index (χ1) is 9.02. The van der Waals surface area contributed by atoms with E-state index in [-0.39, 0.29) is 17.5 Å². The van der Waals surface area contributed by atoms with Crippen LogP contribution in [0.3, 0.4) is 0 Å². The maximum Gasteiger partial charge on any atom is 0.194 e. The van der Waals surface area contributed by atoms with Crippen LogP contribution in [0.25, 0.3) is 11.1 Å². The van der Waals surface area contributed by atoms with Gasteiger partial charge in [0, 0.05) is 16.7 Å². The van der Waals surface area contributed by atoms with Gasteiger partial charge in [0.2, 0.25) is 0 Å². The van der Waals surface area contributed by atoms with E-state index in [9.17, 15) is 9.90 Å². The van der Waals surface area contributed by atoms with Gasteiger partial charge in [-0.1, -0.05) is 38.1 Å². The van der Waals surface area contributed by atoms with Crippen LogP contribution in [0, 0.1) is 0 Å². The number of carbonyl (C=O) groups excluding carboxylic acids is 1. The average Bonchev–Trinajstić information content (AvgIpc) is 2.67. The van der Waals surface area contributed by atoms with Gasteiger partial charge in [-0.15, -0.1) is 0 Å². The number of rotatable bonds is 1. The first-order valence-electron chi connectivity index (χ1n) is 6.31. The lowest BCUT2D eigenvalue weighted by molar-refractivity contribution is 0.104. The molecule has 2 aromatic rings. The highest BCUT2D eigenvalue weighted by atomic mass is 16.3. The van der Waals surface area contributed by atoms with E-state index in [1.165, 1.54) is 0 Å². The Balaban J connectivity index is 2.38. The summed E-state index contributed by atoms with van der Waals surface area (Å²) < 4.78 is 0. The van der Waals surface area contributed by atoms with E-state index >= 15 is 0 Å². The molecule has 3 rings (SSSR count). The van der Waals surface area contributed by atoms with Gasteiger partial charge in [-0.3, -0.25) is 4.79 Å². The summed E-state index contributed by atoms with van der Waals surface area (Å²) in [7, 11) is 0. The number of hydrogen-bond donors (Lipinski definition) is 2. The Morgan fingerprint density at radius 3 is 2.37 bits per heavy atom. The minimum Gasteiger partial charge on any atom is -0.505 e. The standard InChI is InChI=1S/C16H15NO2/c1-8(2)11-7-12-13(14(17)16(11)19)9-5-3-4-6-10(9)15(12)18/h3-8,19H,17H2,1-2H3. The third-order valence-corrected chi connectivity index (χ3v) is 3.67. The summed E-state index contributed by atoms with van der Waals surface area (Å²) in [6, 6.07) is 9.14. The van der Waals surface area contributed by atoms with Crippen LogP contribution in [0.5, 0.6) is 5.75 Å². The van der Waals surface area contributed by atoms with Crippen LogP contribution >= 0.6 is 0 Å². The Kier molecular flexibility index (Phi) is 2.39. The number of phenolic OH excluding ortho intramolecular Hbond substituents is 1. The van der Waals surface area contributed by atoms with E-state index in [2.05, 4.69) is 0 Å². The Labute approximate surface area is 111 Å². The van der Waals surface area contributed by atoms with Gasteiger partial charge in [-0.25, -0.2) is 0 Å². The zero-order valence-corrected chi connectivity index (χ0v) is 10.9. The summed E-state index contributed by atoms with van der Waals surface area (Å²) in [5, 5.41) is 10.2. The van der Waals surface area contributed by atoms with E-state index < -0.39 is 0 Å². The first-order valence-corrected chi connectivity index (χ1v) is 6.31. The van der Waals surface area contributed by atoms with Gasteiger partial charge in [0.15, 0.2) is 5.78 Å². The molecule has 0 saturated carbocycles. The Hall–Kier alpha value is -2.29. The number of nitrogens with two attached hydrogens (primary N) is 1. The Morgan fingerprint density at radius 1 is 1.11 bits per heavy atom. The second kappa shape index (κ2) is 3.85. The van der Waals surface area contributed by atoms with Crippen molar-refractivity contribution in [3.63, 3.8) is 0 Å². The molecule has 0 bridgehead atoms. The van der Waals surface area contributed by atoms with Crippen molar-refractivity contribution in [2.24, 2.45) is 0 Å². The number of fused-ring (bicyclic) bond motifs is 3. The molecule has 0 fully saturated rings. The molecule has 0 atom stereocenters. The lowest BCUT2D eigenvalue weighted by Crippen LogP contribution is -2.01. The number of hydrogen-bond acceptors (Lipinski definition) is 3. The van der Waals surface area contributed by atoms with Crippen LogP contribution in [0.4, 0.5) is 5.69 Å². The highest BCUT2D eigenvalue weighted by Gasteiger charge is 2.31. The van der Waals surface area contributed by atoms with Crippen LogP contribution in [0.15, 0.2) is 30.3 Å². The third-order valence-electron chi connectivity index (χ3n) is 3.67. The molecular weight excluding hydrogens is 238 g/mol. The molecule has 0 spiro atoms. The van der Waals surface area contributed by atoms with Gasteiger partial charge >= 0.3 is 0 Å². The largest absolute Gasteiger partial charge is 0.505 e. The molecular formula is C16H15NO2. The fraction of sp³-hybridized carbons (Fsp3) is 0.188. The summed E-state index contributed by atoms with van der Waals surface area (Å²) in [6.07, 6.45) is 0. The van der Waals surface area contributed by atoms with E-state index in [0.29, 0.717) is 22.4 Å². The van der Waals surface area contributed by atoms with Gasteiger partial charge < -0.3 is 10.8 Å². The predicted octanol–water partition coefficient (Wildman–Crippen LogP) is 3.31. The monoisotopic (exact) mass is 253 g/mol. The van der Waals surface area contributed by atoms with Crippen LogP contribution < -0.4 is 5.73 Å². The van der Waals surface area contributed by atoms with Crippen molar-refractivity contribution in [1.82, 2.24) is 0 Å². The zero-order valence-electron chi connectivity index (χ0n) is 10.9. The Bertz CT molecular complexity index is 702. The maximum atomic E-state index is 12.4. The van der Waals surface area contributed by atoms with Crippen LogP contribution in [-0.2, 0) is 0 Å². The third kappa shape index (κ3) is 1.48. The predicted molar refractivity (Wildman–Crippen MR) is 75.5 cm³/mol. The lowest BCUT2D eigenvalue weighted by Gasteiger charge is -2.14. The number of phenols is 1. The Morgan fingerprint density at radius 2 is 1.74 bits per heavy atom. The minimum atomic E-state index is -0.0146. The fourth-order valence-electron chi connectivity index (χ4n) is 2.67. The van der Waals surface area contributed by atoms with E-state index in [1.54, 1.807) is 12.1 Å². The van der Waals surface area contributed by atoms with Crippen molar-refractivity contribution in [2.75, 3.05) is 5.73 Å². The number of ketones is 1. The van der Waals surface area contributed by atoms with E-state index in [1.807, 2.05) is 32.0 Å². The van der Waals surface area contributed by atoms with Crippen molar-refractivity contribution in [1.29, 1.82) is 0 Å². The van der Waals surface area contributed by atoms with Gasteiger partial charge in [-0.2, -0.15) is 0 Å². The molecule has 2 aromatic carbocycles. The molecule has 96 valence electrons. The minimum absolute atomic E-state index is 0.0146. The number of aromatic hydroxyl groups is 1. The van der Waals surface area contributed by atoms with Crippen LogP contribution in [-0.4, -0.2) is 10.9 Å². The summed E-state index contributed by atoms with van der Waals surface area (Å²) in [4.78, 5) is 12.4. The molecule has 1 aliphatic carbocycles.